The molecule has 3 aromatic rings. The number of rotatable bonds is 7. The molecule has 0 N–H and O–H groups in total. The minimum atomic E-state index is -0.218. The molecule has 0 saturated carbocycles. The average molecular weight is 430 g/mol. The summed E-state index contributed by atoms with van der Waals surface area (Å²) in [4.78, 5) is 31.2. The summed E-state index contributed by atoms with van der Waals surface area (Å²) in [6.07, 6.45) is 0. The van der Waals surface area contributed by atoms with Crippen LogP contribution in [0.2, 0.25) is 0 Å². The monoisotopic (exact) mass is 429 g/mol. The Bertz CT molecular complexity index is 965. The third-order valence-corrected chi connectivity index (χ3v) is 5.48. The van der Waals surface area contributed by atoms with E-state index in [2.05, 4.69) is 17.0 Å². The molecular formula is C26H27N3O3. The van der Waals surface area contributed by atoms with Crippen LogP contribution in [-0.2, 0) is 14.3 Å². The zero-order chi connectivity index (χ0) is 22.2. The Hall–Kier alpha value is -3.64. The molecule has 0 aliphatic carbocycles. The lowest BCUT2D eigenvalue weighted by Gasteiger charge is -2.36. The highest BCUT2D eigenvalue weighted by Crippen LogP contribution is 2.25. The fourth-order valence-corrected chi connectivity index (χ4v) is 3.83. The van der Waals surface area contributed by atoms with Gasteiger partial charge in [0.2, 0.25) is 5.91 Å². The first-order chi connectivity index (χ1) is 15.7. The van der Waals surface area contributed by atoms with E-state index >= 15 is 0 Å². The molecule has 1 aliphatic heterocycles. The van der Waals surface area contributed by atoms with Gasteiger partial charge in [-0.25, -0.2) is 0 Å². The number of amides is 2. The van der Waals surface area contributed by atoms with Crippen LogP contribution in [0.5, 0.6) is 0 Å². The summed E-state index contributed by atoms with van der Waals surface area (Å²) >= 11 is 0. The lowest BCUT2D eigenvalue weighted by molar-refractivity contribution is -0.138. The molecule has 0 unspecified atom stereocenters. The molecule has 4 rings (SSSR count). The van der Waals surface area contributed by atoms with Crippen molar-refractivity contribution in [2.75, 3.05) is 49.2 Å². The van der Waals surface area contributed by atoms with Gasteiger partial charge in [-0.15, -0.1) is 0 Å². The van der Waals surface area contributed by atoms with Gasteiger partial charge in [0.15, 0.2) is 0 Å². The largest absolute Gasteiger partial charge is 0.368 e. The average Bonchev–Trinajstić information content (AvgIpc) is 2.86. The van der Waals surface area contributed by atoms with E-state index < -0.39 is 0 Å². The van der Waals surface area contributed by atoms with Crippen molar-refractivity contribution in [1.82, 2.24) is 4.90 Å². The number of carbonyl (C=O) groups is 2. The molecule has 3 aromatic carbocycles. The highest BCUT2D eigenvalue weighted by atomic mass is 16.5. The third-order valence-electron chi connectivity index (χ3n) is 5.48. The van der Waals surface area contributed by atoms with Gasteiger partial charge in [0, 0.05) is 43.2 Å². The SMILES string of the molecule is O=C(COCC(=O)N(c1ccccc1)c1ccccc1)N1CCN(c2ccccc2)CC1. The van der Waals surface area contributed by atoms with E-state index in [1.54, 1.807) is 9.80 Å². The van der Waals surface area contributed by atoms with Gasteiger partial charge < -0.3 is 14.5 Å². The van der Waals surface area contributed by atoms with E-state index in [0.29, 0.717) is 13.1 Å². The predicted octanol–water partition coefficient (Wildman–Crippen LogP) is 3.72. The Morgan fingerprint density at radius 3 is 1.72 bits per heavy atom. The van der Waals surface area contributed by atoms with Crippen molar-refractivity contribution in [3.05, 3.63) is 91.0 Å². The number of nitrogens with zero attached hydrogens (tertiary/aromatic N) is 3. The number of piperazine rings is 1. The van der Waals surface area contributed by atoms with Crippen LogP contribution in [0.25, 0.3) is 0 Å². The number of para-hydroxylation sites is 3. The summed E-state index contributed by atoms with van der Waals surface area (Å²) in [5, 5.41) is 0. The van der Waals surface area contributed by atoms with Gasteiger partial charge in [0.25, 0.3) is 5.91 Å². The first-order valence-corrected chi connectivity index (χ1v) is 10.8. The van der Waals surface area contributed by atoms with E-state index in [4.69, 9.17) is 4.74 Å². The van der Waals surface area contributed by atoms with E-state index in [0.717, 1.165) is 24.5 Å². The quantitative estimate of drug-likeness (QED) is 0.575. The van der Waals surface area contributed by atoms with Crippen molar-refractivity contribution in [2.45, 2.75) is 0 Å². The summed E-state index contributed by atoms with van der Waals surface area (Å²) in [5.74, 6) is -0.305. The predicted molar refractivity (Wildman–Crippen MR) is 126 cm³/mol. The van der Waals surface area contributed by atoms with E-state index in [-0.39, 0.29) is 25.0 Å². The summed E-state index contributed by atoms with van der Waals surface area (Å²) < 4.78 is 5.55. The maximum Gasteiger partial charge on any atom is 0.257 e. The Morgan fingerprint density at radius 2 is 1.19 bits per heavy atom. The van der Waals surface area contributed by atoms with Crippen molar-refractivity contribution in [2.24, 2.45) is 0 Å². The lowest BCUT2D eigenvalue weighted by Crippen LogP contribution is -2.50. The second-order valence-electron chi connectivity index (χ2n) is 7.60. The molecule has 6 heteroatoms. The third kappa shape index (κ3) is 5.34. The topological polar surface area (TPSA) is 53.1 Å². The maximum atomic E-state index is 13.0. The van der Waals surface area contributed by atoms with Crippen molar-refractivity contribution >= 4 is 28.9 Å². The van der Waals surface area contributed by atoms with Gasteiger partial charge in [-0.05, 0) is 36.4 Å². The molecule has 1 fully saturated rings. The molecule has 0 aromatic heterocycles. The van der Waals surface area contributed by atoms with Gasteiger partial charge in [-0.1, -0.05) is 54.6 Å². The molecule has 0 spiro atoms. The zero-order valence-electron chi connectivity index (χ0n) is 18.0. The fraction of sp³-hybridized carbons (Fsp3) is 0.231. The molecule has 0 bridgehead atoms. The molecule has 1 heterocycles. The van der Waals surface area contributed by atoms with Gasteiger partial charge in [0.05, 0.1) is 0 Å². The summed E-state index contributed by atoms with van der Waals surface area (Å²) in [5.41, 5.74) is 2.69. The standard InChI is InChI=1S/C26H27N3O3/c30-25(28-18-16-27(17-19-28)22-10-4-1-5-11-22)20-32-21-26(31)29(23-12-6-2-7-13-23)24-14-8-3-9-15-24/h1-15H,16-21H2. The van der Waals surface area contributed by atoms with Crippen LogP contribution in [0.4, 0.5) is 17.1 Å². The molecule has 6 nitrogen and oxygen atoms in total. The van der Waals surface area contributed by atoms with Crippen molar-refractivity contribution < 1.29 is 14.3 Å². The molecule has 32 heavy (non-hydrogen) atoms. The molecular weight excluding hydrogens is 402 g/mol. The number of benzene rings is 3. The van der Waals surface area contributed by atoms with E-state index in [1.165, 1.54) is 5.69 Å². The lowest BCUT2D eigenvalue weighted by atomic mass is 10.2. The molecule has 0 radical (unpaired) electrons. The van der Waals surface area contributed by atoms with E-state index in [9.17, 15) is 9.59 Å². The Morgan fingerprint density at radius 1 is 0.688 bits per heavy atom. The molecule has 164 valence electrons. The van der Waals surface area contributed by atoms with Crippen LogP contribution < -0.4 is 9.80 Å². The number of anilines is 3. The number of ether oxygens (including phenoxy) is 1. The van der Waals surface area contributed by atoms with Crippen LogP contribution in [0.15, 0.2) is 91.0 Å². The Labute approximate surface area is 188 Å². The Balaban J connectivity index is 1.29. The molecule has 0 atom stereocenters. The first-order valence-electron chi connectivity index (χ1n) is 10.8. The van der Waals surface area contributed by atoms with Crippen LogP contribution in [0.1, 0.15) is 0 Å². The van der Waals surface area contributed by atoms with Crippen LogP contribution in [0.3, 0.4) is 0 Å². The van der Waals surface area contributed by atoms with E-state index in [1.807, 2.05) is 78.9 Å². The van der Waals surface area contributed by atoms with Gasteiger partial charge in [0.1, 0.15) is 13.2 Å². The zero-order valence-corrected chi connectivity index (χ0v) is 18.0. The normalized spacial score (nSPS) is 13.6. The van der Waals surface area contributed by atoms with Crippen LogP contribution >= 0.6 is 0 Å². The minimum absolute atomic E-state index is 0.0866. The smallest absolute Gasteiger partial charge is 0.257 e. The van der Waals surface area contributed by atoms with Crippen LogP contribution in [-0.4, -0.2) is 56.1 Å². The molecule has 1 aliphatic rings. The highest BCUT2D eigenvalue weighted by molar-refractivity contribution is 6.01. The van der Waals surface area contributed by atoms with Crippen molar-refractivity contribution in [3.63, 3.8) is 0 Å². The summed E-state index contributed by atoms with van der Waals surface area (Å²) in [6.45, 7) is 2.58. The number of carbonyl (C=O) groups excluding carboxylic acids is 2. The van der Waals surface area contributed by atoms with Crippen molar-refractivity contribution in [1.29, 1.82) is 0 Å². The molecule has 1 saturated heterocycles. The molecule has 2 amide bonds. The second kappa shape index (κ2) is 10.6. The summed E-state index contributed by atoms with van der Waals surface area (Å²) in [7, 11) is 0. The summed E-state index contributed by atoms with van der Waals surface area (Å²) in [6, 6.07) is 29.1. The first kappa shape index (κ1) is 21.6. The van der Waals surface area contributed by atoms with Crippen molar-refractivity contribution in [3.8, 4) is 0 Å². The second-order valence-corrected chi connectivity index (χ2v) is 7.60. The minimum Gasteiger partial charge on any atom is -0.368 e. The van der Waals surface area contributed by atoms with Crippen LogP contribution in [0, 0.1) is 0 Å². The van der Waals surface area contributed by atoms with Gasteiger partial charge in [-0.3, -0.25) is 14.5 Å². The maximum absolute atomic E-state index is 13.0. The Kier molecular flexibility index (Phi) is 7.15. The fourth-order valence-electron chi connectivity index (χ4n) is 3.83. The van der Waals surface area contributed by atoms with Gasteiger partial charge in [-0.2, -0.15) is 0 Å². The van der Waals surface area contributed by atoms with Gasteiger partial charge >= 0.3 is 0 Å². The number of hydrogen-bond acceptors (Lipinski definition) is 4. The number of hydrogen-bond donors (Lipinski definition) is 0. The highest BCUT2D eigenvalue weighted by Gasteiger charge is 2.22.